The molecule has 0 atom stereocenters. The molecule has 4 aromatic rings. The van der Waals surface area contributed by atoms with Crippen molar-refractivity contribution in [3.8, 4) is 11.5 Å². The Balaban J connectivity index is 0.00000420. The molecule has 0 aliphatic rings. The molecule has 9 nitrogen and oxygen atoms in total. The van der Waals surface area contributed by atoms with Gasteiger partial charge in [-0.05, 0) is 47.7 Å². The van der Waals surface area contributed by atoms with E-state index in [0.29, 0.717) is 39.2 Å². The van der Waals surface area contributed by atoms with E-state index in [-0.39, 0.29) is 51.5 Å². The number of hydrogen-bond acceptors (Lipinski definition) is 7. The van der Waals surface area contributed by atoms with E-state index in [1.807, 2.05) is 0 Å². The maximum absolute atomic E-state index is 13.4. The number of amides is 1. The van der Waals surface area contributed by atoms with E-state index in [4.69, 9.17) is 27.9 Å². The first kappa shape index (κ1) is 30.8. The number of nitrogens with zero attached hydrogens (tertiary/aromatic N) is 2. The predicted molar refractivity (Wildman–Crippen MR) is 144 cm³/mol. The van der Waals surface area contributed by atoms with Gasteiger partial charge < -0.3 is 15.2 Å². The van der Waals surface area contributed by atoms with E-state index in [2.05, 4.69) is 15.5 Å². The number of nitrogens with one attached hydrogen (secondary N) is 1. The van der Waals surface area contributed by atoms with E-state index in [1.165, 1.54) is 19.2 Å². The molecule has 0 saturated heterocycles. The third-order valence-electron chi connectivity index (χ3n) is 5.64. The Hall–Kier alpha value is -2.70. The van der Waals surface area contributed by atoms with E-state index in [9.17, 15) is 22.9 Å². The number of hydrogen-bond donors (Lipinski definition) is 2. The van der Waals surface area contributed by atoms with Crippen molar-refractivity contribution in [1.29, 1.82) is 0 Å². The summed E-state index contributed by atoms with van der Waals surface area (Å²) in [6.45, 7) is 1.78. The second-order valence-electron chi connectivity index (χ2n) is 8.09. The van der Waals surface area contributed by atoms with Gasteiger partial charge in [-0.3, -0.25) is 9.35 Å². The molecule has 0 fully saturated rings. The fraction of sp³-hybridized carbons (Fsp3) is 0.115. The number of azo groups is 1. The van der Waals surface area contributed by atoms with Gasteiger partial charge in [0, 0.05) is 32.7 Å². The number of methoxy groups -OCH3 is 1. The molecular weight excluding hydrogens is 576 g/mol. The minimum absolute atomic E-state index is 0. The third kappa shape index (κ3) is 6.90. The quantitative estimate of drug-likeness (QED) is 0.189. The van der Waals surface area contributed by atoms with Gasteiger partial charge in [0.25, 0.3) is 16.0 Å². The van der Waals surface area contributed by atoms with Crippen molar-refractivity contribution in [1.82, 2.24) is 0 Å². The van der Waals surface area contributed by atoms with Crippen LogP contribution in [0.4, 0.5) is 17.1 Å². The molecule has 0 bridgehead atoms. The fourth-order valence-electron chi connectivity index (χ4n) is 3.82. The molecule has 39 heavy (non-hydrogen) atoms. The summed E-state index contributed by atoms with van der Waals surface area (Å²) in [7, 11) is -3.12. The van der Waals surface area contributed by atoms with Crippen molar-refractivity contribution in [2.24, 2.45) is 10.2 Å². The number of carbonyl (C=O) groups is 1. The van der Waals surface area contributed by atoms with Crippen LogP contribution >= 0.6 is 23.2 Å². The number of ether oxygens (including phenoxy) is 1. The van der Waals surface area contributed by atoms with E-state index in [1.54, 1.807) is 43.3 Å². The van der Waals surface area contributed by atoms with Crippen LogP contribution in [0.3, 0.4) is 0 Å². The Morgan fingerprint density at radius 3 is 2.46 bits per heavy atom. The van der Waals surface area contributed by atoms with Crippen LogP contribution in [0.2, 0.25) is 10.0 Å². The zero-order valence-corrected chi connectivity index (χ0v) is 25.4. The maximum Gasteiger partial charge on any atom is 1.00 e. The molecule has 196 valence electrons. The van der Waals surface area contributed by atoms with E-state index in [0.717, 1.165) is 12.1 Å². The molecule has 1 amide bonds. The minimum Gasteiger partial charge on any atom is -0.870 e. The molecule has 0 unspecified atom stereocenters. The third-order valence-corrected chi connectivity index (χ3v) is 7.03. The van der Waals surface area contributed by atoms with Crippen LogP contribution in [-0.2, 0) is 16.5 Å². The van der Waals surface area contributed by atoms with Crippen molar-refractivity contribution in [2.45, 2.75) is 18.2 Å². The summed E-state index contributed by atoms with van der Waals surface area (Å²) >= 11 is 12.3. The van der Waals surface area contributed by atoms with Gasteiger partial charge in [-0.15, -0.1) is 0 Å². The van der Waals surface area contributed by atoms with E-state index >= 15 is 0 Å². The Labute approximate surface area is 256 Å². The number of fused-ring (bicyclic) bond motifs is 1. The SMILES string of the molecule is CCc1c(Cl)cc(S(=O)(=O)O)cc1N=Nc1c([O-])c(C(=O)Nc2cc(Cl)cc(OC)c2)cc2ccccc12.[Na+]. The topological polar surface area (TPSA) is 140 Å². The van der Waals surface area contributed by atoms with Crippen LogP contribution in [-0.4, -0.2) is 26.0 Å². The van der Waals surface area contributed by atoms with Crippen molar-refractivity contribution >= 4 is 67.1 Å². The minimum atomic E-state index is -4.57. The summed E-state index contributed by atoms with van der Waals surface area (Å²) in [4.78, 5) is 12.7. The summed E-state index contributed by atoms with van der Waals surface area (Å²) in [6, 6.07) is 15.1. The monoisotopic (exact) mass is 595 g/mol. The summed E-state index contributed by atoms with van der Waals surface area (Å²) in [6.07, 6.45) is 0.371. The Bertz CT molecular complexity index is 1710. The van der Waals surface area contributed by atoms with Crippen LogP contribution in [0.5, 0.6) is 11.5 Å². The second-order valence-corrected chi connectivity index (χ2v) is 10.4. The smallest absolute Gasteiger partial charge is 0.870 e. The van der Waals surface area contributed by atoms with Gasteiger partial charge in [0.1, 0.15) is 5.75 Å². The molecule has 4 rings (SSSR count). The Morgan fingerprint density at radius 1 is 1.08 bits per heavy atom. The molecule has 0 radical (unpaired) electrons. The first-order chi connectivity index (χ1) is 18.0. The van der Waals surface area contributed by atoms with Gasteiger partial charge >= 0.3 is 29.6 Å². The first-order valence-corrected chi connectivity index (χ1v) is 13.3. The van der Waals surface area contributed by atoms with Gasteiger partial charge in [0.05, 0.1) is 23.4 Å². The number of anilines is 1. The van der Waals surface area contributed by atoms with Gasteiger partial charge in [0.2, 0.25) is 0 Å². The van der Waals surface area contributed by atoms with E-state index < -0.39 is 26.7 Å². The molecular formula is C26H20Cl2N3NaO6S. The number of rotatable bonds is 7. The largest absolute Gasteiger partial charge is 1.00 e. The summed E-state index contributed by atoms with van der Waals surface area (Å²) < 4.78 is 38.0. The Morgan fingerprint density at radius 2 is 1.79 bits per heavy atom. The average Bonchev–Trinajstić information content (AvgIpc) is 2.86. The van der Waals surface area contributed by atoms with Gasteiger partial charge in [-0.1, -0.05) is 60.1 Å². The van der Waals surface area contributed by atoms with Crippen LogP contribution in [0.1, 0.15) is 22.8 Å². The van der Waals surface area contributed by atoms with Crippen LogP contribution in [0.25, 0.3) is 10.8 Å². The summed E-state index contributed by atoms with van der Waals surface area (Å²) in [5.74, 6) is -0.984. The fourth-order valence-corrected chi connectivity index (χ4v) is 4.98. The predicted octanol–water partition coefficient (Wildman–Crippen LogP) is 3.71. The van der Waals surface area contributed by atoms with Gasteiger partial charge in [0.15, 0.2) is 0 Å². The molecule has 0 aromatic heterocycles. The molecule has 0 heterocycles. The van der Waals surface area contributed by atoms with Crippen molar-refractivity contribution < 1.29 is 57.2 Å². The molecule has 0 aliphatic carbocycles. The van der Waals surface area contributed by atoms with Crippen molar-refractivity contribution in [2.75, 3.05) is 12.4 Å². The molecule has 0 spiro atoms. The number of halogens is 2. The first-order valence-electron chi connectivity index (χ1n) is 11.1. The summed E-state index contributed by atoms with van der Waals surface area (Å²) in [5, 5.41) is 25.7. The zero-order valence-electron chi connectivity index (χ0n) is 21.0. The van der Waals surface area contributed by atoms with Crippen LogP contribution in [0.15, 0.2) is 75.8 Å². The van der Waals surface area contributed by atoms with Crippen molar-refractivity contribution in [3.05, 3.63) is 81.8 Å². The summed E-state index contributed by atoms with van der Waals surface area (Å²) in [5.41, 5.74) is 0.504. The normalized spacial score (nSPS) is 11.4. The molecule has 0 aliphatic heterocycles. The average molecular weight is 596 g/mol. The van der Waals surface area contributed by atoms with Crippen LogP contribution in [0, 0.1) is 0 Å². The molecule has 0 saturated carbocycles. The maximum atomic E-state index is 13.4. The molecule has 4 aromatic carbocycles. The van der Waals surface area contributed by atoms with Gasteiger partial charge in [-0.25, -0.2) is 0 Å². The van der Waals surface area contributed by atoms with Crippen molar-refractivity contribution in [3.63, 3.8) is 0 Å². The standard InChI is InChI=1S/C26H21Cl2N3O6S.Na/c1-3-19-22(28)12-18(38(34,35)36)13-23(19)30-31-24-20-7-5-4-6-14(20)8-21(25(24)32)26(33)29-16-9-15(27)10-17(11-16)37-2;/h4-13,32H,3H2,1-2H3,(H,29,33)(H,34,35,36);/q;+1/p-1. The number of benzene rings is 4. The molecule has 2 N–H and O–H groups in total. The van der Waals surface area contributed by atoms with Gasteiger partial charge in [-0.2, -0.15) is 18.6 Å². The second kappa shape index (κ2) is 12.6. The van der Waals surface area contributed by atoms with Crippen LogP contribution < -0.4 is 44.7 Å². The molecule has 13 heteroatoms. The number of carbonyl (C=O) groups excluding carboxylic acids is 1. The Kier molecular flexibility index (Phi) is 10.0. The zero-order chi connectivity index (χ0) is 27.6.